The highest BCUT2D eigenvalue weighted by atomic mass is 19.1. The summed E-state index contributed by atoms with van der Waals surface area (Å²) in [5.74, 6) is 0.435. The predicted octanol–water partition coefficient (Wildman–Crippen LogP) is 2.90. The van der Waals surface area contributed by atoms with Crippen LogP contribution >= 0.6 is 0 Å². The normalized spacial score (nSPS) is 10.3. The van der Waals surface area contributed by atoms with Crippen LogP contribution in [0.4, 0.5) is 4.39 Å². The van der Waals surface area contributed by atoms with Crippen molar-refractivity contribution in [1.82, 2.24) is 9.97 Å². The highest BCUT2D eigenvalue weighted by Gasteiger charge is 2.03. The van der Waals surface area contributed by atoms with Crippen LogP contribution in [0, 0.1) is 19.7 Å². The van der Waals surface area contributed by atoms with Crippen molar-refractivity contribution in [3.8, 4) is 11.4 Å². The van der Waals surface area contributed by atoms with Crippen LogP contribution in [0.3, 0.4) is 0 Å². The van der Waals surface area contributed by atoms with E-state index in [0.29, 0.717) is 11.4 Å². The van der Waals surface area contributed by atoms with E-state index in [2.05, 4.69) is 9.97 Å². The third-order valence-electron chi connectivity index (χ3n) is 2.21. The highest BCUT2D eigenvalue weighted by molar-refractivity contribution is 5.55. The van der Waals surface area contributed by atoms with Gasteiger partial charge in [0.05, 0.1) is 0 Å². The first-order chi connectivity index (χ1) is 7.16. The standard InChI is InChI=1S/C12H11FN2/c1-8-7-10(3-4-11(8)13)12-14-6-5-9(2)15-12/h3-7H,1-2H3. The van der Waals surface area contributed by atoms with Gasteiger partial charge in [-0.25, -0.2) is 14.4 Å². The van der Waals surface area contributed by atoms with E-state index < -0.39 is 0 Å². The maximum absolute atomic E-state index is 13.1. The molecule has 2 nitrogen and oxygen atoms in total. The third kappa shape index (κ3) is 2.01. The van der Waals surface area contributed by atoms with Crippen LogP contribution in [0.1, 0.15) is 11.3 Å². The Morgan fingerprint density at radius 3 is 2.60 bits per heavy atom. The quantitative estimate of drug-likeness (QED) is 0.710. The molecular weight excluding hydrogens is 191 g/mol. The summed E-state index contributed by atoms with van der Waals surface area (Å²) in [6, 6.07) is 6.72. The molecule has 0 aliphatic rings. The Labute approximate surface area is 87.8 Å². The minimum atomic E-state index is -0.202. The second kappa shape index (κ2) is 3.77. The predicted molar refractivity (Wildman–Crippen MR) is 56.9 cm³/mol. The molecule has 3 heteroatoms. The van der Waals surface area contributed by atoms with E-state index in [1.807, 2.05) is 13.0 Å². The number of nitrogens with zero attached hydrogens (tertiary/aromatic N) is 2. The van der Waals surface area contributed by atoms with E-state index in [-0.39, 0.29) is 5.82 Å². The van der Waals surface area contributed by atoms with Gasteiger partial charge in [0, 0.05) is 17.5 Å². The zero-order chi connectivity index (χ0) is 10.8. The van der Waals surface area contributed by atoms with Gasteiger partial charge in [-0.1, -0.05) is 0 Å². The summed E-state index contributed by atoms with van der Waals surface area (Å²) in [6.45, 7) is 3.64. The van der Waals surface area contributed by atoms with Gasteiger partial charge in [0.1, 0.15) is 5.82 Å². The Kier molecular flexibility index (Phi) is 2.46. The molecule has 0 fully saturated rings. The fourth-order valence-electron chi connectivity index (χ4n) is 1.37. The molecule has 0 saturated heterocycles. The Hall–Kier alpha value is -1.77. The summed E-state index contributed by atoms with van der Waals surface area (Å²) < 4.78 is 13.1. The van der Waals surface area contributed by atoms with Crippen molar-refractivity contribution in [2.45, 2.75) is 13.8 Å². The topological polar surface area (TPSA) is 25.8 Å². The fourth-order valence-corrected chi connectivity index (χ4v) is 1.37. The van der Waals surface area contributed by atoms with Gasteiger partial charge >= 0.3 is 0 Å². The molecule has 0 amide bonds. The molecule has 15 heavy (non-hydrogen) atoms. The van der Waals surface area contributed by atoms with Crippen molar-refractivity contribution in [2.75, 3.05) is 0 Å². The van der Waals surface area contributed by atoms with Gasteiger partial charge in [0.15, 0.2) is 5.82 Å². The van der Waals surface area contributed by atoms with E-state index in [1.54, 1.807) is 25.3 Å². The zero-order valence-electron chi connectivity index (χ0n) is 8.66. The summed E-state index contributed by atoms with van der Waals surface area (Å²) in [7, 11) is 0. The molecule has 0 radical (unpaired) electrons. The summed E-state index contributed by atoms with van der Waals surface area (Å²) in [5, 5.41) is 0. The van der Waals surface area contributed by atoms with Crippen molar-refractivity contribution in [3.05, 3.63) is 47.5 Å². The van der Waals surface area contributed by atoms with Crippen LogP contribution in [0.2, 0.25) is 0 Å². The molecule has 0 saturated carbocycles. The molecule has 1 aromatic carbocycles. The minimum Gasteiger partial charge on any atom is -0.237 e. The molecule has 1 aromatic heterocycles. The van der Waals surface area contributed by atoms with Gasteiger partial charge < -0.3 is 0 Å². The number of aryl methyl sites for hydroxylation is 2. The molecule has 0 N–H and O–H groups in total. The van der Waals surface area contributed by atoms with Gasteiger partial charge in [0.25, 0.3) is 0 Å². The Morgan fingerprint density at radius 1 is 1.13 bits per heavy atom. The van der Waals surface area contributed by atoms with Gasteiger partial charge in [-0.3, -0.25) is 0 Å². The lowest BCUT2D eigenvalue weighted by molar-refractivity contribution is 0.618. The van der Waals surface area contributed by atoms with Gasteiger partial charge in [0.2, 0.25) is 0 Å². The van der Waals surface area contributed by atoms with Gasteiger partial charge in [-0.15, -0.1) is 0 Å². The molecule has 0 aliphatic heterocycles. The first kappa shape index (κ1) is 9.77. The second-order valence-electron chi connectivity index (χ2n) is 3.49. The molecule has 0 atom stereocenters. The summed E-state index contributed by atoms with van der Waals surface area (Å²) in [6.07, 6.45) is 1.70. The first-order valence-electron chi connectivity index (χ1n) is 4.73. The van der Waals surface area contributed by atoms with E-state index >= 15 is 0 Å². The average molecular weight is 202 g/mol. The van der Waals surface area contributed by atoms with Crippen LogP contribution in [-0.2, 0) is 0 Å². The minimum absolute atomic E-state index is 0.202. The molecule has 0 bridgehead atoms. The Morgan fingerprint density at radius 2 is 1.93 bits per heavy atom. The van der Waals surface area contributed by atoms with Crippen LogP contribution in [-0.4, -0.2) is 9.97 Å². The van der Waals surface area contributed by atoms with Crippen molar-refractivity contribution >= 4 is 0 Å². The van der Waals surface area contributed by atoms with E-state index in [9.17, 15) is 4.39 Å². The first-order valence-corrected chi connectivity index (χ1v) is 4.73. The molecule has 76 valence electrons. The van der Waals surface area contributed by atoms with Gasteiger partial charge in [-0.2, -0.15) is 0 Å². The van der Waals surface area contributed by atoms with E-state index in [0.717, 1.165) is 11.3 Å². The molecule has 0 spiro atoms. The zero-order valence-corrected chi connectivity index (χ0v) is 8.66. The number of halogens is 1. The van der Waals surface area contributed by atoms with E-state index in [4.69, 9.17) is 0 Å². The lowest BCUT2D eigenvalue weighted by Crippen LogP contribution is -1.92. The van der Waals surface area contributed by atoms with Crippen LogP contribution in [0.25, 0.3) is 11.4 Å². The van der Waals surface area contributed by atoms with E-state index in [1.165, 1.54) is 6.07 Å². The van der Waals surface area contributed by atoms with Crippen molar-refractivity contribution in [2.24, 2.45) is 0 Å². The lowest BCUT2D eigenvalue weighted by Gasteiger charge is -2.02. The lowest BCUT2D eigenvalue weighted by atomic mass is 10.1. The van der Waals surface area contributed by atoms with Crippen LogP contribution in [0.5, 0.6) is 0 Å². The SMILES string of the molecule is Cc1ccnc(-c2ccc(F)c(C)c2)n1. The summed E-state index contributed by atoms with van der Waals surface area (Å²) in [5.41, 5.74) is 2.36. The average Bonchev–Trinajstić information content (AvgIpc) is 2.22. The largest absolute Gasteiger partial charge is 0.237 e. The molecule has 0 aliphatic carbocycles. The monoisotopic (exact) mass is 202 g/mol. The number of benzene rings is 1. The van der Waals surface area contributed by atoms with Gasteiger partial charge in [-0.05, 0) is 43.7 Å². The summed E-state index contributed by atoms with van der Waals surface area (Å²) >= 11 is 0. The molecule has 2 rings (SSSR count). The van der Waals surface area contributed by atoms with Crippen molar-refractivity contribution < 1.29 is 4.39 Å². The Bertz CT molecular complexity index is 495. The Balaban J connectivity index is 2.50. The van der Waals surface area contributed by atoms with Crippen LogP contribution < -0.4 is 0 Å². The molecule has 2 aromatic rings. The number of rotatable bonds is 1. The van der Waals surface area contributed by atoms with Crippen molar-refractivity contribution in [1.29, 1.82) is 0 Å². The molecular formula is C12H11FN2. The number of hydrogen-bond donors (Lipinski definition) is 0. The number of aromatic nitrogens is 2. The maximum atomic E-state index is 13.1. The second-order valence-corrected chi connectivity index (χ2v) is 3.49. The molecule has 0 unspecified atom stereocenters. The van der Waals surface area contributed by atoms with Crippen LogP contribution in [0.15, 0.2) is 30.5 Å². The molecule has 1 heterocycles. The van der Waals surface area contributed by atoms with Crippen molar-refractivity contribution in [3.63, 3.8) is 0 Å². The maximum Gasteiger partial charge on any atom is 0.159 e. The smallest absolute Gasteiger partial charge is 0.159 e. The number of hydrogen-bond acceptors (Lipinski definition) is 2. The summed E-state index contributed by atoms with van der Waals surface area (Å²) in [4.78, 5) is 8.43. The third-order valence-corrected chi connectivity index (χ3v) is 2.21. The fraction of sp³-hybridized carbons (Fsp3) is 0.167. The highest BCUT2D eigenvalue weighted by Crippen LogP contribution is 2.17.